The number of benzene rings is 2. The predicted octanol–water partition coefficient (Wildman–Crippen LogP) is 3.59. The van der Waals surface area contributed by atoms with Crippen LogP contribution in [-0.4, -0.2) is 48.0 Å². The third-order valence-electron chi connectivity index (χ3n) is 5.68. The molecule has 2 atom stereocenters. The zero-order valence-corrected chi connectivity index (χ0v) is 20.1. The Labute approximate surface area is 199 Å². The van der Waals surface area contributed by atoms with Crippen molar-refractivity contribution in [3.63, 3.8) is 0 Å². The number of alkyl carbamates (subject to hydrolysis) is 1. The Balaban J connectivity index is 1.67. The molecule has 2 aromatic carbocycles. The van der Waals surface area contributed by atoms with Crippen LogP contribution in [0.1, 0.15) is 25.8 Å². The summed E-state index contributed by atoms with van der Waals surface area (Å²) in [4.78, 5) is 40.7. The third-order valence-corrected chi connectivity index (χ3v) is 6.87. The van der Waals surface area contributed by atoms with E-state index in [2.05, 4.69) is 10.6 Å². The number of amides is 3. The Kier molecular flexibility index (Phi) is 8.38. The van der Waals surface area contributed by atoms with Crippen LogP contribution in [0, 0.1) is 5.92 Å². The number of hydrogen-bond donors (Lipinski definition) is 2. The number of nitrogens with one attached hydrogen (secondary N) is 2. The Bertz CT molecular complexity index is 947. The van der Waals surface area contributed by atoms with Crippen molar-refractivity contribution in [3.05, 3.63) is 66.2 Å². The highest BCUT2D eigenvalue weighted by atomic mass is 32.2. The molecule has 3 rings (SSSR count). The molecule has 2 N–H and O–H groups in total. The van der Waals surface area contributed by atoms with Crippen LogP contribution < -0.4 is 15.5 Å². The molecule has 1 saturated heterocycles. The topological polar surface area (TPSA) is 87.7 Å². The number of ether oxygens (including phenoxy) is 1. The Hall–Kier alpha value is -3.00. The molecule has 0 saturated carbocycles. The maximum absolute atomic E-state index is 13.5. The first kappa shape index (κ1) is 24.6. The summed E-state index contributed by atoms with van der Waals surface area (Å²) in [5.41, 5.74) is 0.598. The molecule has 2 aromatic rings. The van der Waals surface area contributed by atoms with Crippen LogP contribution in [-0.2, 0) is 20.9 Å². The van der Waals surface area contributed by atoms with E-state index in [4.69, 9.17) is 4.74 Å². The smallest absolute Gasteiger partial charge is 0.408 e. The van der Waals surface area contributed by atoms with Gasteiger partial charge in [0.05, 0.1) is 0 Å². The van der Waals surface area contributed by atoms with Gasteiger partial charge < -0.3 is 20.3 Å². The monoisotopic (exact) mass is 469 g/mol. The maximum atomic E-state index is 13.5. The van der Waals surface area contributed by atoms with Crippen molar-refractivity contribution in [2.24, 2.45) is 5.92 Å². The lowest BCUT2D eigenvalue weighted by atomic mass is 9.94. The van der Waals surface area contributed by atoms with Gasteiger partial charge in [-0.25, -0.2) is 4.79 Å². The second kappa shape index (κ2) is 11.2. The van der Waals surface area contributed by atoms with Gasteiger partial charge in [0.1, 0.15) is 18.2 Å². The minimum absolute atomic E-state index is 0.111. The summed E-state index contributed by atoms with van der Waals surface area (Å²) in [6.07, 6.45) is -0.141. The summed E-state index contributed by atoms with van der Waals surface area (Å²) in [5.74, 6) is 0.508. The molecule has 8 heteroatoms. The molecule has 0 spiro atoms. The number of rotatable bonds is 8. The summed E-state index contributed by atoms with van der Waals surface area (Å²) in [6, 6.07) is 17.8. The molecule has 0 aliphatic carbocycles. The average molecular weight is 470 g/mol. The van der Waals surface area contributed by atoms with E-state index < -0.39 is 17.7 Å². The minimum atomic E-state index is -1.02. The quantitative estimate of drug-likeness (QED) is 0.617. The van der Waals surface area contributed by atoms with E-state index in [0.29, 0.717) is 12.2 Å². The zero-order chi connectivity index (χ0) is 23.8. The number of likely N-dealkylation sites (N-methyl/N-ethyl adjacent to an activating group) is 1. The fraction of sp³-hybridized carbons (Fsp3) is 0.400. The highest BCUT2D eigenvalue weighted by molar-refractivity contribution is 7.99. The molecule has 7 nitrogen and oxygen atoms in total. The molecule has 1 fully saturated rings. The first-order chi connectivity index (χ1) is 15.8. The second-order valence-corrected chi connectivity index (χ2v) is 9.61. The molecule has 33 heavy (non-hydrogen) atoms. The van der Waals surface area contributed by atoms with Gasteiger partial charge in [-0.3, -0.25) is 9.59 Å². The van der Waals surface area contributed by atoms with Crippen molar-refractivity contribution in [2.45, 2.75) is 38.5 Å². The lowest BCUT2D eigenvalue weighted by Gasteiger charge is -2.34. The Morgan fingerprint density at radius 3 is 2.27 bits per heavy atom. The van der Waals surface area contributed by atoms with E-state index in [9.17, 15) is 14.4 Å². The molecule has 176 valence electrons. The molecule has 3 amide bonds. The first-order valence-corrected chi connectivity index (χ1v) is 12.2. The van der Waals surface area contributed by atoms with Gasteiger partial charge in [0.15, 0.2) is 0 Å². The molecule has 0 bridgehead atoms. The van der Waals surface area contributed by atoms with Gasteiger partial charge >= 0.3 is 6.09 Å². The van der Waals surface area contributed by atoms with Crippen molar-refractivity contribution in [1.82, 2.24) is 10.6 Å². The molecule has 0 aromatic heterocycles. The lowest BCUT2D eigenvalue weighted by Crippen LogP contribution is -2.63. The van der Waals surface area contributed by atoms with Crippen LogP contribution in [0.5, 0.6) is 0 Å². The average Bonchev–Trinajstić information content (AvgIpc) is 3.30. The molecule has 0 unspecified atom stereocenters. The van der Waals surface area contributed by atoms with Gasteiger partial charge in [-0.2, -0.15) is 11.8 Å². The highest BCUT2D eigenvalue weighted by Gasteiger charge is 2.46. The molecule has 0 radical (unpaired) electrons. The number of hydrogen-bond acceptors (Lipinski definition) is 5. The van der Waals surface area contributed by atoms with Gasteiger partial charge in [-0.15, -0.1) is 0 Å². The normalized spacial score (nSPS) is 18.4. The number of carbonyl (C=O) groups excluding carboxylic acids is 3. The van der Waals surface area contributed by atoms with Gasteiger partial charge in [-0.1, -0.05) is 62.4 Å². The largest absolute Gasteiger partial charge is 0.445 e. The van der Waals surface area contributed by atoms with E-state index in [-0.39, 0.29) is 24.3 Å². The van der Waals surface area contributed by atoms with Crippen molar-refractivity contribution in [2.75, 3.05) is 23.5 Å². The van der Waals surface area contributed by atoms with Crippen LogP contribution >= 0.6 is 11.8 Å². The number of thioether (sulfide) groups is 1. The van der Waals surface area contributed by atoms with Gasteiger partial charge in [0.2, 0.25) is 5.91 Å². The Morgan fingerprint density at radius 2 is 1.70 bits per heavy atom. The van der Waals surface area contributed by atoms with Crippen molar-refractivity contribution in [3.8, 4) is 0 Å². The third kappa shape index (κ3) is 6.28. The van der Waals surface area contributed by atoms with E-state index in [1.807, 2.05) is 74.5 Å². The van der Waals surface area contributed by atoms with Crippen LogP contribution in [0.3, 0.4) is 0 Å². The van der Waals surface area contributed by atoms with Crippen LogP contribution in [0.2, 0.25) is 0 Å². The molecule has 1 aliphatic heterocycles. The standard InChI is InChI=1S/C25H31N3O4S/c1-18(2)21(26-24(31)32-16-19-10-6-4-7-11-19)22(29)27-25(14-15-33-17-25)23(30)28(3)20-12-8-5-9-13-20/h4-13,18,21H,14-17H2,1-3H3,(H,26,31)(H,27,29)/t21-,25-/m0/s1. The zero-order valence-electron chi connectivity index (χ0n) is 19.2. The van der Waals surface area contributed by atoms with Crippen molar-refractivity contribution < 1.29 is 19.1 Å². The predicted molar refractivity (Wildman–Crippen MR) is 131 cm³/mol. The van der Waals surface area contributed by atoms with Crippen LogP contribution in [0.25, 0.3) is 0 Å². The summed E-state index contributed by atoms with van der Waals surface area (Å²) >= 11 is 1.63. The highest BCUT2D eigenvalue weighted by Crippen LogP contribution is 2.31. The van der Waals surface area contributed by atoms with Crippen LogP contribution in [0.4, 0.5) is 10.5 Å². The van der Waals surface area contributed by atoms with Crippen LogP contribution in [0.15, 0.2) is 60.7 Å². The molecule has 1 aliphatic rings. The van der Waals surface area contributed by atoms with E-state index in [1.54, 1.807) is 23.7 Å². The second-order valence-electron chi connectivity index (χ2n) is 8.50. The van der Waals surface area contributed by atoms with Crippen molar-refractivity contribution in [1.29, 1.82) is 0 Å². The van der Waals surface area contributed by atoms with Gasteiger partial charge in [0, 0.05) is 18.5 Å². The van der Waals surface area contributed by atoms with E-state index in [1.165, 1.54) is 0 Å². The minimum Gasteiger partial charge on any atom is -0.445 e. The van der Waals surface area contributed by atoms with Gasteiger partial charge in [0.25, 0.3) is 5.91 Å². The summed E-state index contributed by atoms with van der Waals surface area (Å²) in [7, 11) is 1.72. The maximum Gasteiger partial charge on any atom is 0.408 e. The number of nitrogens with zero attached hydrogens (tertiary/aromatic N) is 1. The summed E-state index contributed by atoms with van der Waals surface area (Å²) in [6.45, 7) is 3.80. The van der Waals surface area contributed by atoms with Gasteiger partial charge in [-0.05, 0) is 35.8 Å². The molecular weight excluding hydrogens is 438 g/mol. The molecule has 1 heterocycles. The number of para-hydroxylation sites is 1. The number of carbonyl (C=O) groups is 3. The SMILES string of the molecule is CC(C)[C@H](NC(=O)OCc1ccccc1)C(=O)N[C@@]1(C(=O)N(C)c2ccccc2)CCSC1. The molecular formula is C25H31N3O4S. The fourth-order valence-corrected chi connectivity index (χ4v) is 5.04. The fourth-order valence-electron chi connectivity index (χ4n) is 3.72. The van der Waals surface area contributed by atoms with Crippen molar-refractivity contribution >= 4 is 35.4 Å². The summed E-state index contributed by atoms with van der Waals surface area (Å²) < 4.78 is 5.29. The first-order valence-electron chi connectivity index (χ1n) is 11.0. The lowest BCUT2D eigenvalue weighted by molar-refractivity contribution is -0.132. The summed E-state index contributed by atoms with van der Waals surface area (Å²) in [5, 5.41) is 5.65. The van der Waals surface area contributed by atoms with E-state index in [0.717, 1.165) is 17.0 Å². The Morgan fingerprint density at radius 1 is 1.06 bits per heavy atom. The van der Waals surface area contributed by atoms with E-state index >= 15 is 0 Å². The number of anilines is 1.